The molecular formula is C13H20O6. The van der Waals surface area contributed by atoms with Crippen LogP contribution in [0.15, 0.2) is 24.2 Å². The van der Waals surface area contributed by atoms with Crippen LogP contribution >= 0.6 is 0 Å². The molecule has 19 heavy (non-hydrogen) atoms. The highest BCUT2D eigenvalue weighted by Gasteiger charge is 2.12. The topological polar surface area (TPSA) is 71.1 Å². The van der Waals surface area contributed by atoms with Gasteiger partial charge in [0.25, 0.3) is 0 Å². The first-order chi connectivity index (χ1) is 9.02. The largest absolute Gasteiger partial charge is 0.493 e. The Labute approximate surface area is 113 Å². The number of ether oxygens (including phenoxy) is 4. The minimum absolute atomic E-state index is 0.0180. The number of hydrogen-bond acceptors (Lipinski definition) is 6. The van der Waals surface area contributed by atoms with Gasteiger partial charge in [-0.15, -0.1) is 0 Å². The van der Waals surface area contributed by atoms with Crippen molar-refractivity contribution >= 4 is 11.9 Å². The van der Waals surface area contributed by atoms with Crippen LogP contribution in [0.25, 0.3) is 0 Å². The van der Waals surface area contributed by atoms with Crippen LogP contribution in [0.1, 0.15) is 20.8 Å². The molecule has 0 rings (SSSR count). The predicted octanol–water partition coefficient (Wildman–Crippen LogP) is 1.56. The molecule has 0 aliphatic carbocycles. The van der Waals surface area contributed by atoms with Gasteiger partial charge in [-0.25, -0.2) is 9.59 Å². The summed E-state index contributed by atoms with van der Waals surface area (Å²) in [6, 6.07) is 0. The summed E-state index contributed by atoms with van der Waals surface area (Å²) in [7, 11) is 0. The van der Waals surface area contributed by atoms with E-state index >= 15 is 0 Å². The summed E-state index contributed by atoms with van der Waals surface area (Å²) >= 11 is 0. The van der Waals surface area contributed by atoms with Crippen LogP contribution in [0.4, 0.5) is 0 Å². The summed E-state index contributed by atoms with van der Waals surface area (Å²) < 4.78 is 19.7. The van der Waals surface area contributed by atoms with Crippen LogP contribution in [0.3, 0.4) is 0 Å². The number of carbonyl (C=O) groups excluding carboxylic acids is 2. The monoisotopic (exact) mass is 272 g/mol. The van der Waals surface area contributed by atoms with E-state index in [0.717, 1.165) is 6.26 Å². The predicted molar refractivity (Wildman–Crippen MR) is 68.1 cm³/mol. The van der Waals surface area contributed by atoms with E-state index < -0.39 is 11.9 Å². The zero-order valence-corrected chi connectivity index (χ0v) is 11.6. The van der Waals surface area contributed by atoms with E-state index in [1.165, 1.54) is 0 Å². The van der Waals surface area contributed by atoms with E-state index in [4.69, 9.17) is 18.9 Å². The average Bonchev–Trinajstić information content (AvgIpc) is 2.36. The van der Waals surface area contributed by atoms with E-state index in [0.29, 0.717) is 12.2 Å². The minimum atomic E-state index is -0.594. The molecule has 0 fully saturated rings. The molecule has 6 heteroatoms. The zero-order valence-electron chi connectivity index (χ0n) is 11.6. The summed E-state index contributed by atoms with van der Waals surface area (Å²) in [5.74, 6) is -1.10. The second-order valence-electron chi connectivity index (χ2n) is 3.42. The fourth-order valence-corrected chi connectivity index (χ4v) is 0.939. The Kier molecular flexibility index (Phi) is 8.95. The Hall–Kier alpha value is -1.98. The molecule has 0 aliphatic heterocycles. The molecule has 0 aliphatic rings. The summed E-state index contributed by atoms with van der Waals surface area (Å²) in [6.45, 7) is 9.16. The molecule has 0 saturated heterocycles. The van der Waals surface area contributed by atoms with Gasteiger partial charge in [0.2, 0.25) is 5.76 Å². The number of esters is 2. The van der Waals surface area contributed by atoms with Crippen LogP contribution in [-0.2, 0) is 28.5 Å². The van der Waals surface area contributed by atoms with Crippen LogP contribution < -0.4 is 0 Å². The second-order valence-corrected chi connectivity index (χ2v) is 3.42. The van der Waals surface area contributed by atoms with Crippen LogP contribution in [0.2, 0.25) is 0 Å². The lowest BCUT2D eigenvalue weighted by Crippen LogP contribution is -2.13. The molecule has 0 atom stereocenters. The van der Waals surface area contributed by atoms with Gasteiger partial charge in [0.15, 0.2) is 0 Å². The van der Waals surface area contributed by atoms with Gasteiger partial charge in [0.1, 0.15) is 19.5 Å². The third-order valence-corrected chi connectivity index (χ3v) is 1.75. The highest BCUT2D eigenvalue weighted by molar-refractivity contribution is 5.87. The van der Waals surface area contributed by atoms with Crippen molar-refractivity contribution in [1.29, 1.82) is 0 Å². The van der Waals surface area contributed by atoms with Gasteiger partial charge < -0.3 is 18.9 Å². The molecule has 0 amide bonds. The van der Waals surface area contributed by atoms with Crippen LogP contribution in [0.5, 0.6) is 0 Å². The van der Waals surface area contributed by atoms with Gasteiger partial charge in [-0.05, 0) is 20.8 Å². The van der Waals surface area contributed by atoms with E-state index in [9.17, 15) is 9.59 Å². The summed E-state index contributed by atoms with van der Waals surface area (Å²) in [5.41, 5.74) is 0.317. The third-order valence-electron chi connectivity index (χ3n) is 1.75. The quantitative estimate of drug-likeness (QED) is 0.274. The van der Waals surface area contributed by atoms with E-state index in [-0.39, 0.29) is 25.6 Å². The first-order valence-electron chi connectivity index (χ1n) is 5.97. The molecule has 0 heterocycles. The molecule has 6 nitrogen and oxygen atoms in total. The first kappa shape index (κ1) is 17.0. The maximum Gasteiger partial charge on any atom is 0.376 e. The Morgan fingerprint density at radius 3 is 2.16 bits per heavy atom. The Balaban J connectivity index is 4.07. The van der Waals surface area contributed by atoms with Gasteiger partial charge in [0, 0.05) is 5.57 Å². The first-order valence-corrected chi connectivity index (χ1v) is 5.97. The molecular weight excluding hydrogens is 252 g/mol. The van der Waals surface area contributed by atoms with Gasteiger partial charge >= 0.3 is 11.9 Å². The lowest BCUT2D eigenvalue weighted by molar-refractivity contribution is -0.143. The normalized spacial score (nSPS) is 10.6. The van der Waals surface area contributed by atoms with Crippen molar-refractivity contribution in [3.63, 3.8) is 0 Å². The highest BCUT2D eigenvalue weighted by Crippen LogP contribution is 2.01. The number of carbonyl (C=O) groups is 2. The summed E-state index contributed by atoms with van der Waals surface area (Å²) in [4.78, 5) is 22.4. The molecule has 0 radical (unpaired) electrons. The van der Waals surface area contributed by atoms with Gasteiger partial charge in [-0.2, -0.15) is 0 Å². The SMILES string of the molecule is C=C(C)C(=O)OCCOC=C(OCC)C(=O)OCC. The molecule has 0 unspecified atom stereocenters. The molecule has 108 valence electrons. The second kappa shape index (κ2) is 9.99. The lowest BCUT2D eigenvalue weighted by atomic mass is 10.4. The zero-order chi connectivity index (χ0) is 14.7. The summed E-state index contributed by atoms with van der Waals surface area (Å²) in [6.07, 6.45) is 1.15. The maximum absolute atomic E-state index is 11.4. The van der Waals surface area contributed by atoms with Crippen molar-refractivity contribution in [2.75, 3.05) is 26.4 Å². The Morgan fingerprint density at radius 2 is 1.63 bits per heavy atom. The molecule has 0 saturated carbocycles. The maximum atomic E-state index is 11.4. The van der Waals surface area contributed by atoms with Gasteiger partial charge in [0.05, 0.1) is 13.2 Å². The molecule has 0 N–H and O–H groups in total. The average molecular weight is 272 g/mol. The standard InChI is InChI=1S/C13H20O6/c1-5-17-11(13(15)18-6-2)9-16-7-8-19-12(14)10(3)4/h9H,3,5-8H2,1-2,4H3. The van der Waals surface area contributed by atoms with E-state index in [1.807, 2.05) is 0 Å². The Morgan fingerprint density at radius 1 is 1.00 bits per heavy atom. The van der Waals surface area contributed by atoms with Crippen molar-refractivity contribution in [1.82, 2.24) is 0 Å². The summed E-state index contributed by atoms with van der Waals surface area (Å²) in [5, 5.41) is 0. The molecule has 0 bridgehead atoms. The van der Waals surface area contributed by atoms with Crippen molar-refractivity contribution in [2.24, 2.45) is 0 Å². The smallest absolute Gasteiger partial charge is 0.376 e. The van der Waals surface area contributed by atoms with Crippen molar-refractivity contribution in [3.05, 3.63) is 24.2 Å². The fraction of sp³-hybridized carbons (Fsp3) is 0.538. The van der Waals surface area contributed by atoms with Crippen molar-refractivity contribution < 1.29 is 28.5 Å². The highest BCUT2D eigenvalue weighted by atomic mass is 16.6. The van der Waals surface area contributed by atoms with Crippen molar-refractivity contribution in [3.8, 4) is 0 Å². The minimum Gasteiger partial charge on any atom is -0.493 e. The number of rotatable bonds is 9. The molecule has 0 aromatic heterocycles. The van der Waals surface area contributed by atoms with Gasteiger partial charge in [-0.3, -0.25) is 0 Å². The number of hydrogen-bond donors (Lipinski definition) is 0. The van der Waals surface area contributed by atoms with Crippen molar-refractivity contribution in [2.45, 2.75) is 20.8 Å². The fourth-order valence-electron chi connectivity index (χ4n) is 0.939. The van der Waals surface area contributed by atoms with E-state index in [2.05, 4.69) is 6.58 Å². The lowest BCUT2D eigenvalue weighted by Gasteiger charge is -2.08. The van der Waals surface area contributed by atoms with Crippen LogP contribution in [-0.4, -0.2) is 38.4 Å². The van der Waals surface area contributed by atoms with Gasteiger partial charge in [-0.1, -0.05) is 6.58 Å². The molecule has 0 aromatic carbocycles. The molecule has 0 aromatic rings. The third kappa shape index (κ3) is 7.86. The van der Waals surface area contributed by atoms with Crippen LogP contribution in [0, 0.1) is 0 Å². The molecule has 0 spiro atoms. The Bertz CT molecular complexity index is 345. The van der Waals surface area contributed by atoms with E-state index in [1.54, 1.807) is 20.8 Å².